The smallest absolute Gasteiger partial charge is 0.227 e. The molecule has 0 aromatic heterocycles. The topological polar surface area (TPSA) is 42.0 Å². The fraction of sp³-hybridized carbons (Fsp3) is 0.667. The van der Waals surface area contributed by atoms with Crippen LogP contribution in [0.4, 0.5) is 0 Å². The zero-order valence-electron chi connectivity index (χ0n) is 15.6. The van der Waals surface area contributed by atoms with E-state index in [0.717, 1.165) is 77.4 Å². The second-order valence-electron chi connectivity index (χ2n) is 8.06. The third-order valence-electron chi connectivity index (χ3n) is 6.00. The number of carbonyl (C=O) groups is 1. The number of morpholine rings is 1. The predicted octanol–water partition coefficient (Wildman–Crippen LogP) is 1.96. The van der Waals surface area contributed by atoms with Crippen molar-refractivity contribution in [3.63, 3.8) is 0 Å². The third kappa shape index (κ3) is 4.27. The van der Waals surface area contributed by atoms with Crippen molar-refractivity contribution in [1.82, 2.24) is 9.80 Å². The molecule has 0 N–H and O–H groups in total. The molecular formula is C21H30N2O3. The Hall–Kier alpha value is -1.43. The Labute approximate surface area is 156 Å². The first-order chi connectivity index (χ1) is 12.7. The van der Waals surface area contributed by atoms with Crippen LogP contribution in [0.5, 0.6) is 0 Å². The molecule has 1 amide bonds. The number of amides is 1. The van der Waals surface area contributed by atoms with Gasteiger partial charge in [0.05, 0.1) is 31.8 Å². The molecule has 3 saturated heterocycles. The van der Waals surface area contributed by atoms with E-state index in [0.29, 0.717) is 12.3 Å². The number of hydrogen-bond acceptors (Lipinski definition) is 4. The quantitative estimate of drug-likeness (QED) is 0.825. The molecule has 3 heterocycles. The van der Waals surface area contributed by atoms with Crippen molar-refractivity contribution in [3.05, 3.63) is 35.9 Å². The minimum absolute atomic E-state index is 0.110. The second-order valence-corrected chi connectivity index (χ2v) is 8.06. The van der Waals surface area contributed by atoms with Crippen LogP contribution in [-0.4, -0.2) is 73.9 Å². The number of likely N-dealkylation sites (tertiary alicyclic amines) is 1. The summed E-state index contributed by atoms with van der Waals surface area (Å²) in [7, 11) is 0. The van der Waals surface area contributed by atoms with Gasteiger partial charge >= 0.3 is 0 Å². The molecular weight excluding hydrogens is 328 g/mol. The highest BCUT2D eigenvalue weighted by Crippen LogP contribution is 2.38. The standard InChI is InChI=1S/C21H30N2O3/c24-20(13-18-5-2-1-3-6-18)23-8-4-7-21(17-23)14-19(16-26-21)15-22-9-11-25-12-10-22/h1-3,5-6,19H,4,7-17H2/t19-,21-/m0/s1. The van der Waals surface area contributed by atoms with Crippen LogP contribution in [0.1, 0.15) is 24.8 Å². The van der Waals surface area contributed by atoms with Crippen molar-refractivity contribution in [3.8, 4) is 0 Å². The van der Waals surface area contributed by atoms with Gasteiger partial charge in [-0.05, 0) is 30.7 Å². The monoisotopic (exact) mass is 358 g/mol. The minimum atomic E-state index is -0.110. The molecule has 142 valence electrons. The predicted molar refractivity (Wildman–Crippen MR) is 100 cm³/mol. The Morgan fingerprint density at radius 1 is 1.15 bits per heavy atom. The molecule has 5 heteroatoms. The van der Waals surface area contributed by atoms with Crippen molar-refractivity contribution >= 4 is 5.91 Å². The van der Waals surface area contributed by atoms with Crippen LogP contribution in [0, 0.1) is 5.92 Å². The first-order valence-electron chi connectivity index (χ1n) is 9.98. The summed E-state index contributed by atoms with van der Waals surface area (Å²) < 4.78 is 11.8. The van der Waals surface area contributed by atoms with Crippen molar-refractivity contribution in [2.45, 2.75) is 31.3 Å². The Kier molecular flexibility index (Phi) is 5.57. The van der Waals surface area contributed by atoms with Crippen molar-refractivity contribution in [2.75, 3.05) is 52.5 Å². The molecule has 5 nitrogen and oxygen atoms in total. The van der Waals surface area contributed by atoms with Crippen molar-refractivity contribution in [2.24, 2.45) is 5.92 Å². The fourth-order valence-electron chi connectivity index (χ4n) is 4.68. The molecule has 0 radical (unpaired) electrons. The van der Waals surface area contributed by atoms with E-state index in [1.54, 1.807) is 0 Å². The van der Waals surface area contributed by atoms with E-state index in [2.05, 4.69) is 4.90 Å². The molecule has 2 atom stereocenters. The Morgan fingerprint density at radius 3 is 2.77 bits per heavy atom. The molecule has 1 aromatic carbocycles. The summed E-state index contributed by atoms with van der Waals surface area (Å²) in [5, 5.41) is 0. The highest BCUT2D eigenvalue weighted by atomic mass is 16.5. The Bertz CT molecular complexity index is 603. The highest BCUT2D eigenvalue weighted by molar-refractivity contribution is 5.79. The first kappa shape index (κ1) is 18.0. The van der Waals surface area contributed by atoms with E-state index in [1.165, 1.54) is 0 Å². The van der Waals surface area contributed by atoms with Crippen LogP contribution in [0.3, 0.4) is 0 Å². The van der Waals surface area contributed by atoms with E-state index in [1.807, 2.05) is 35.2 Å². The lowest BCUT2D eigenvalue weighted by atomic mass is 9.86. The van der Waals surface area contributed by atoms with Gasteiger partial charge in [-0.3, -0.25) is 9.69 Å². The van der Waals surface area contributed by atoms with Gasteiger partial charge in [-0.1, -0.05) is 30.3 Å². The lowest BCUT2D eigenvalue weighted by molar-refractivity contribution is -0.138. The minimum Gasteiger partial charge on any atom is -0.379 e. The molecule has 0 bridgehead atoms. The van der Waals surface area contributed by atoms with Crippen LogP contribution >= 0.6 is 0 Å². The van der Waals surface area contributed by atoms with Crippen LogP contribution in [0.2, 0.25) is 0 Å². The van der Waals surface area contributed by atoms with Crippen LogP contribution < -0.4 is 0 Å². The summed E-state index contributed by atoms with van der Waals surface area (Å²) >= 11 is 0. The van der Waals surface area contributed by atoms with Gasteiger partial charge in [-0.15, -0.1) is 0 Å². The van der Waals surface area contributed by atoms with Gasteiger partial charge in [0, 0.05) is 32.7 Å². The second kappa shape index (κ2) is 8.07. The van der Waals surface area contributed by atoms with E-state index in [4.69, 9.17) is 9.47 Å². The normalized spacial score (nSPS) is 30.0. The van der Waals surface area contributed by atoms with E-state index in [9.17, 15) is 4.79 Å². The molecule has 0 aliphatic carbocycles. The van der Waals surface area contributed by atoms with Crippen molar-refractivity contribution < 1.29 is 14.3 Å². The zero-order chi connectivity index (χ0) is 17.8. The molecule has 3 aliphatic heterocycles. The number of ether oxygens (including phenoxy) is 2. The number of piperidine rings is 1. The molecule has 3 aliphatic rings. The molecule has 3 fully saturated rings. The summed E-state index contributed by atoms with van der Waals surface area (Å²) in [6, 6.07) is 10.0. The maximum absolute atomic E-state index is 12.8. The Morgan fingerprint density at radius 2 is 1.96 bits per heavy atom. The first-order valence-corrected chi connectivity index (χ1v) is 9.98. The third-order valence-corrected chi connectivity index (χ3v) is 6.00. The number of rotatable bonds is 4. The van der Waals surface area contributed by atoms with E-state index in [-0.39, 0.29) is 11.5 Å². The van der Waals surface area contributed by atoms with Gasteiger partial charge in [0.2, 0.25) is 5.91 Å². The average molecular weight is 358 g/mol. The average Bonchev–Trinajstić information content (AvgIpc) is 3.05. The summed E-state index contributed by atoms with van der Waals surface area (Å²) in [5.74, 6) is 0.813. The lowest BCUT2D eigenvalue weighted by Crippen LogP contribution is -2.50. The molecule has 4 rings (SSSR count). The molecule has 0 saturated carbocycles. The van der Waals surface area contributed by atoms with E-state index >= 15 is 0 Å². The molecule has 1 spiro atoms. The summed E-state index contributed by atoms with van der Waals surface area (Å²) in [6.07, 6.45) is 3.71. The molecule has 1 aromatic rings. The number of hydrogen-bond donors (Lipinski definition) is 0. The van der Waals surface area contributed by atoms with E-state index < -0.39 is 0 Å². The molecule has 26 heavy (non-hydrogen) atoms. The molecule has 0 unspecified atom stereocenters. The number of nitrogens with zero attached hydrogens (tertiary/aromatic N) is 2. The summed E-state index contributed by atoms with van der Waals surface area (Å²) in [4.78, 5) is 17.3. The maximum Gasteiger partial charge on any atom is 0.227 e. The van der Waals surface area contributed by atoms with Crippen molar-refractivity contribution in [1.29, 1.82) is 0 Å². The lowest BCUT2D eigenvalue weighted by Gasteiger charge is -2.40. The largest absolute Gasteiger partial charge is 0.379 e. The number of benzene rings is 1. The van der Waals surface area contributed by atoms with Gasteiger partial charge in [0.1, 0.15) is 0 Å². The van der Waals surface area contributed by atoms with Gasteiger partial charge < -0.3 is 14.4 Å². The SMILES string of the molecule is O=C(Cc1ccccc1)N1CCC[C@]2(C[C@@H](CN3CCOCC3)CO2)C1. The van der Waals surface area contributed by atoms with Crippen LogP contribution in [-0.2, 0) is 20.7 Å². The van der Waals surface area contributed by atoms with Gasteiger partial charge in [-0.2, -0.15) is 0 Å². The van der Waals surface area contributed by atoms with Crippen LogP contribution in [0.15, 0.2) is 30.3 Å². The van der Waals surface area contributed by atoms with Crippen LogP contribution in [0.25, 0.3) is 0 Å². The number of carbonyl (C=O) groups excluding carboxylic acids is 1. The summed E-state index contributed by atoms with van der Waals surface area (Å²) in [6.45, 7) is 7.32. The van der Waals surface area contributed by atoms with Gasteiger partial charge in [0.25, 0.3) is 0 Å². The fourth-order valence-corrected chi connectivity index (χ4v) is 4.68. The maximum atomic E-state index is 12.8. The summed E-state index contributed by atoms with van der Waals surface area (Å²) in [5.41, 5.74) is 0.983. The Balaban J connectivity index is 1.32. The highest BCUT2D eigenvalue weighted by Gasteiger charge is 2.44. The van der Waals surface area contributed by atoms with Gasteiger partial charge in [0.15, 0.2) is 0 Å². The van der Waals surface area contributed by atoms with Gasteiger partial charge in [-0.25, -0.2) is 0 Å². The zero-order valence-corrected chi connectivity index (χ0v) is 15.6.